The molecule has 30 nitrogen and oxygen atoms in total. The first-order valence-corrected chi connectivity index (χ1v) is 39.0. The maximum absolute atomic E-state index is 11.0. The van der Waals surface area contributed by atoms with Crippen molar-refractivity contribution < 1.29 is 48.8 Å². The van der Waals surface area contributed by atoms with Crippen LogP contribution >= 0.6 is 0 Å². The van der Waals surface area contributed by atoms with E-state index >= 15 is 0 Å². The third kappa shape index (κ3) is 17.1. The number of aliphatic hydroxyl groups is 4. The molecular weight excluding hydrogens is 1440 g/mol. The zero-order valence-electron chi connectivity index (χ0n) is 64.7. The molecular formula is C83H104N20O10. The minimum absolute atomic E-state index is 0. The van der Waals surface area contributed by atoms with Crippen molar-refractivity contribution in [1.82, 2.24) is 77.9 Å². The normalized spacial score (nSPS) is 17.7. The van der Waals surface area contributed by atoms with Gasteiger partial charge in [0.25, 0.3) is 0 Å². The molecule has 0 spiro atoms. The first-order valence-electron chi connectivity index (χ1n) is 39.0. The van der Waals surface area contributed by atoms with Crippen LogP contribution in [0.25, 0.3) is 67.6 Å². The van der Waals surface area contributed by atoms with E-state index in [1.54, 1.807) is 39.0 Å². The number of hydrogen-bond donors (Lipinski definition) is 4. The Bertz CT molecular complexity index is 4800. The lowest BCUT2D eigenvalue weighted by atomic mass is 9.82. The van der Waals surface area contributed by atoms with Crippen LogP contribution in [0.15, 0.2) is 123 Å². The van der Waals surface area contributed by atoms with Crippen molar-refractivity contribution in [3.63, 3.8) is 0 Å². The van der Waals surface area contributed by atoms with E-state index in [2.05, 4.69) is 74.6 Å². The Labute approximate surface area is 657 Å². The number of aryl methyl sites for hydroxylation is 4. The van der Waals surface area contributed by atoms with Gasteiger partial charge in [-0.05, 0) is 114 Å². The average molecular weight is 1540 g/mol. The summed E-state index contributed by atoms with van der Waals surface area (Å²) in [5, 5.41) is 51.1. The molecule has 0 aromatic carbocycles. The molecule has 30 heteroatoms. The Balaban J connectivity index is 0.000000125. The SMILES string of the molecule is C.COCC(O)c1ccc(-c2c(C)nc3c(N4CCOCC4)ccnn23)cn1.COCC(O)c1ccc(-c2c(C)nc3c(N4CCOCC4)nccn23)cn1.Cc1nc2c(N3CCOCC3)ccnn2c1-c1ccc(C2(O)CCCCC2)nc1.Cc1nc2c(N3CCOCC3)nccn2c1-c1ccc(C2(O)CCCCC2)nc1. The molecule has 4 aliphatic heterocycles. The van der Waals surface area contributed by atoms with Crippen molar-refractivity contribution in [3.05, 3.63) is 168 Å². The Kier molecular flexibility index (Phi) is 25.3. The molecule has 18 rings (SSSR count). The molecule has 12 aromatic rings. The molecule has 4 saturated heterocycles. The Morgan fingerprint density at radius 3 is 1.05 bits per heavy atom. The van der Waals surface area contributed by atoms with E-state index in [1.807, 2.05) is 129 Å². The number of aliphatic hydroxyl groups excluding tert-OH is 2. The lowest BCUT2D eigenvalue weighted by Crippen LogP contribution is -2.37. The predicted octanol–water partition coefficient (Wildman–Crippen LogP) is 10.0. The molecule has 596 valence electrons. The number of methoxy groups -OCH3 is 2. The maximum Gasteiger partial charge on any atom is 0.181 e. The van der Waals surface area contributed by atoms with Gasteiger partial charge in [0.1, 0.15) is 23.4 Å². The summed E-state index contributed by atoms with van der Waals surface area (Å²) in [5.41, 5.74) is 18.0. The fraction of sp³-hybridized carbons (Fsp3) is 0.470. The molecule has 6 aliphatic rings. The van der Waals surface area contributed by atoms with Crippen molar-refractivity contribution in [2.45, 2.75) is 123 Å². The van der Waals surface area contributed by atoms with Crippen LogP contribution in [0.1, 0.15) is 129 Å². The van der Waals surface area contributed by atoms with E-state index in [9.17, 15) is 20.4 Å². The number of pyridine rings is 4. The van der Waals surface area contributed by atoms with Gasteiger partial charge in [0.2, 0.25) is 0 Å². The first kappa shape index (κ1) is 79.5. The number of hydrogen-bond acceptors (Lipinski definition) is 26. The van der Waals surface area contributed by atoms with Gasteiger partial charge >= 0.3 is 0 Å². The van der Waals surface area contributed by atoms with Gasteiger partial charge in [-0.15, -0.1) is 0 Å². The van der Waals surface area contributed by atoms with Crippen LogP contribution in [-0.2, 0) is 39.6 Å². The number of anilines is 4. The minimum Gasteiger partial charge on any atom is -0.384 e. The van der Waals surface area contributed by atoms with Gasteiger partial charge < -0.3 is 68.4 Å². The second-order valence-electron chi connectivity index (χ2n) is 29.3. The average Bonchev–Trinajstić information content (AvgIpc) is 1.61. The highest BCUT2D eigenvalue weighted by Crippen LogP contribution is 2.40. The maximum atomic E-state index is 11.0. The highest BCUT2D eigenvalue weighted by atomic mass is 16.5. The largest absolute Gasteiger partial charge is 0.384 e. The highest BCUT2D eigenvalue weighted by molar-refractivity contribution is 5.78. The smallest absolute Gasteiger partial charge is 0.181 e. The zero-order chi connectivity index (χ0) is 77.3. The number of rotatable bonds is 16. The molecule has 2 saturated carbocycles. The summed E-state index contributed by atoms with van der Waals surface area (Å²) >= 11 is 0. The molecule has 0 bridgehead atoms. The van der Waals surface area contributed by atoms with Gasteiger partial charge in [-0.1, -0.05) is 46.0 Å². The molecule has 4 N–H and O–H groups in total. The minimum atomic E-state index is -0.785. The summed E-state index contributed by atoms with van der Waals surface area (Å²) in [5.74, 6) is 1.77. The molecule has 113 heavy (non-hydrogen) atoms. The molecule has 2 unspecified atom stereocenters. The number of imidazole rings is 4. The van der Waals surface area contributed by atoms with Gasteiger partial charge in [0.15, 0.2) is 34.2 Å². The summed E-state index contributed by atoms with van der Waals surface area (Å²) < 4.78 is 39.7. The molecule has 2 aliphatic carbocycles. The number of nitrogens with zero attached hydrogens (tertiary/aromatic N) is 20. The van der Waals surface area contributed by atoms with Crippen LogP contribution in [0.3, 0.4) is 0 Å². The van der Waals surface area contributed by atoms with E-state index in [0.717, 1.165) is 255 Å². The molecule has 16 heterocycles. The van der Waals surface area contributed by atoms with Crippen molar-refractivity contribution in [1.29, 1.82) is 0 Å². The number of ether oxygens (including phenoxy) is 6. The third-order valence-corrected chi connectivity index (χ3v) is 21.9. The zero-order valence-corrected chi connectivity index (χ0v) is 64.7. The fourth-order valence-corrected chi connectivity index (χ4v) is 16.1. The quantitative estimate of drug-likeness (QED) is 0.0698. The molecule has 0 amide bonds. The summed E-state index contributed by atoms with van der Waals surface area (Å²) in [6.45, 7) is 20.8. The second kappa shape index (κ2) is 35.9. The summed E-state index contributed by atoms with van der Waals surface area (Å²) in [4.78, 5) is 55.5. The van der Waals surface area contributed by atoms with Crippen molar-refractivity contribution >= 4 is 45.6 Å². The third-order valence-electron chi connectivity index (χ3n) is 21.9. The van der Waals surface area contributed by atoms with Gasteiger partial charge in [-0.2, -0.15) is 10.2 Å². The molecule has 12 aromatic heterocycles. The van der Waals surface area contributed by atoms with Crippen LogP contribution < -0.4 is 19.6 Å². The summed E-state index contributed by atoms with van der Waals surface area (Å²) in [6.07, 6.45) is 26.7. The fourth-order valence-electron chi connectivity index (χ4n) is 16.1. The Morgan fingerprint density at radius 1 is 0.389 bits per heavy atom. The summed E-state index contributed by atoms with van der Waals surface area (Å²) in [6, 6.07) is 19.6. The van der Waals surface area contributed by atoms with Crippen LogP contribution in [0, 0.1) is 27.7 Å². The topological polar surface area (TPSA) is 322 Å². The van der Waals surface area contributed by atoms with E-state index in [1.165, 1.54) is 12.8 Å². The summed E-state index contributed by atoms with van der Waals surface area (Å²) in [7, 11) is 3.11. The van der Waals surface area contributed by atoms with Crippen LogP contribution in [0.2, 0.25) is 0 Å². The van der Waals surface area contributed by atoms with Gasteiger partial charge in [-0.25, -0.2) is 38.9 Å². The van der Waals surface area contributed by atoms with Crippen molar-refractivity contribution in [2.24, 2.45) is 0 Å². The van der Waals surface area contributed by atoms with Crippen LogP contribution in [-0.4, -0.2) is 231 Å². The van der Waals surface area contributed by atoms with Gasteiger partial charge in [-0.3, -0.25) is 28.7 Å². The van der Waals surface area contributed by atoms with E-state index in [0.29, 0.717) is 37.8 Å². The monoisotopic (exact) mass is 1540 g/mol. The lowest BCUT2D eigenvalue weighted by Gasteiger charge is -2.31. The van der Waals surface area contributed by atoms with Crippen molar-refractivity contribution in [2.75, 3.05) is 152 Å². The number of fused-ring (bicyclic) bond motifs is 4. The standard InChI is InChI=1S/2C22H27N5O2.2C19H23N5O3.CH4/c1-16-20(17-5-6-19(23-15-17)22(28)8-3-2-4-9-22)27-21(25-16)18(7-10-24-27)26-11-13-29-14-12-26;1-16-19(17-5-6-18(24-15-17)22(28)7-3-2-4-8-22)27-10-9-23-20(21(27)25-16)26-11-13-29-14-12-26;1-13-17(14-3-4-15(21-11-14)16(25)12-26-2)24-6-5-20-18(19(24)22-13)23-7-9-27-10-8-23;1-13-18(14-3-4-15(20-11-14)17(25)12-26-2)24-19(22-13)16(5-6-21-24)23-7-9-27-10-8-23;/h5-7,10,15,28H,2-4,8-9,11-14H2,1H3;5-6,9-10,15,28H,2-4,7-8,11-14H2,1H3;3-6,11,16,25H,7-10,12H2,1-2H3;3-6,11,17,25H,7-10,12H2,1-2H3;1H4. The van der Waals surface area contributed by atoms with Crippen LogP contribution in [0.4, 0.5) is 23.0 Å². The van der Waals surface area contributed by atoms with E-state index < -0.39 is 23.4 Å². The van der Waals surface area contributed by atoms with E-state index in [4.69, 9.17) is 48.4 Å². The lowest BCUT2D eigenvalue weighted by molar-refractivity contribution is -0.00492. The molecule has 0 radical (unpaired) electrons. The van der Waals surface area contributed by atoms with Crippen molar-refractivity contribution in [3.8, 4) is 45.0 Å². The number of aromatic nitrogens is 16. The molecule has 6 fully saturated rings. The van der Waals surface area contributed by atoms with Crippen LogP contribution in [0.5, 0.6) is 0 Å². The second-order valence-corrected chi connectivity index (χ2v) is 29.3. The van der Waals surface area contributed by atoms with Gasteiger partial charge in [0.05, 0.1) is 158 Å². The Morgan fingerprint density at radius 2 is 0.717 bits per heavy atom. The Hall–Kier alpha value is -10.1. The first-order chi connectivity index (χ1) is 54.7. The van der Waals surface area contributed by atoms with E-state index in [-0.39, 0.29) is 20.6 Å². The predicted molar refractivity (Wildman–Crippen MR) is 430 cm³/mol. The molecule has 2 atom stereocenters. The highest BCUT2D eigenvalue weighted by Gasteiger charge is 2.35. The number of morpholine rings is 4. The van der Waals surface area contributed by atoms with Gasteiger partial charge in [0, 0.05) is 138 Å².